The predicted octanol–water partition coefficient (Wildman–Crippen LogP) is 4.47. The van der Waals surface area contributed by atoms with Gasteiger partial charge in [0.25, 0.3) is 0 Å². The summed E-state index contributed by atoms with van der Waals surface area (Å²) in [6.45, 7) is 11.5. The van der Waals surface area contributed by atoms with Gasteiger partial charge in [-0.15, -0.1) is 0 Å². The fraction of sp³-hybridized carbons (Fsp3) is 0.762. The standard InChI is InChI=1S/C21H32O3/c1-13(2)14(3)6-7-15(4)16-8-9-17-18-12-19(22)24-21(18,23)11-10-20(16,17)5/h6-7,12-17,23H,8-11H2,1-5H3/b7-6+/t14-,15+,16+,17?,20+,21-/m0/s1. The summed E-state index contributed by atoms with van der Waals surface area (Å²) in [6.07, 6.45) is 9.98. The van der Waals surface area contributed by atoms with Gasteiger partial charge in [-0.3, -0.25) is 0 Å². The van der Waals surface area contributed by atoms with E-state index in [0.29, 0.717) is 30.1 Å². The summed E-state index contributed by atoms with van der Waals surface area (Å²) in [5.41, 5.74) is 0.993. The van der Waals surface area contributed by atoms with E-state index in [-0.39, 0.29) is 17.3 Å². The lowest BCUT2D eigenvalue weighted by molar-refractivity contribution is -0.196. The van der Waals surface area contributed by atoms with Crippen molar-refractivity contribution in [1.29, 1.82) is 0 Å². The van der Waals surface area contributed by atoms with Crippen LogP contribution in [0, 0.1) is 35.0 Å². The van der Waals surface area contributed by atoms with Crippen molar-refractivity contribution in [2.24, 2.45) is 35.0 Å². The Morgan fingerprint density at radius 1 is 1.21 bits per heavy atom. The second kappa shape index (κ2) is 6.01. The van der Waals surface area contributed by atoms with Crippen LogP contribution in [0.2, 0.25) is 0 Å². The van der Waals surface area contributed by atoms with Gasteiger partial charge in [0, 0.05) is 18.1 Å². The highest BCUT2D eigenvalue weighted by molar-refractivity contribution is 5.86. The first kappa shape index (κ1) is 17.7. The van der Waals surface area contributed by atoms with Gasteiger partial charge < -0.3 is 9.84 Å². The smallest absolute Gasteiger partial charge is 0.333 e. The van der Waals surface area contributed by atoms with Crippen molar-refractivity contribution in [3.8, 4) is 0 Å². The molecule has 1 aliphatic heterocycles. The van der Waals surface area contributed by atoms with E-state index in [4.69, 9.17) is 4.74 Å². The van der Waals surface area contributed by atoms with Crippen LogP contribution in [0.5, 0.6) is 0 Å². The molecule has 0 saturated heterocycles. The van der Waals surface area contributed by atoms with E-state index in [1.807, 2.05) is 0 Å². The zero-order valence-electron chi connectivity index (χ0n) is 15.7. The molecule has 3 heteroatoms. The Morgan fingerprint density at radius 3 is 2.58 bits per heavy atom. The van der Waals surface area contributed by atoms with Crippen LogP contribution >= 0.6 is 0 Å². The number of carbonyl (C=O) groups excluding carboxylic acids is 1. The third kappa shape index (κ3) is 2.75. The summed E-state index contributed by atoms with van der Waals surface area (Å²) in [6, 6.07) is 0. The number of rotatable bonds is 4. The maximum absolute atomic E-state index is 11.7. The van der Waals surface area contributed by atoms with E-state index < -0.39 is 5.79 Å². The average Bonchev–Trinajstić information content (AvgIpc) is 3.00. The molecule has 0 bridgehead atoms. The highest BCUT2D eigenvalue weighted by Gasteiger charge is 2.59. The third-order valence-corrected chi connectivity index (χ3v) is 7.19. The minimum atomic E-state index is -1.32. The Balaban J connectivity index is 1.80. The van der Waals surface area contributed by atoms with Crippen LogP contribution in [0.15, 0.2) is 23.8 Å². The van der Waals surface area contributed by atoms with Crippen molar-refractivity contribution in [2.45, 2.75) is 66.1 Å². The van der Waals surface area contributed by atoms with Crippen LogP contribution in [0.4, 0.5) is 0 Å². The van der Waals surface area contributed by atoms with Crippen molar-refractivity contribution in [1.82, 2.24) is 0 Å². The Labute approximate surface area is 146 Å². The number of ether oxygens (including phenoxy) is 1. The topological polar surface area (TPSA) is 46.5 Å². The first-order valence-corrected chi connectivity index (χ1v) is 9.53. The molecule has 1 heterocycles. The summed E-state index contributed by atoms with van der Waals surface area (Å²) in [5.74, 6) is 0.950. The summed E-state index contributed by atoms with van der Waals surface area (Å²) in [4.78, 5) is 11.7. The third-order valence-electron chi connectivity index (χ3n) is 7.19. The van der Waals surface area contributed by atoms with Gasteiger partial charge in [0.2, 0.25) is 5.79 Å². The van der Waals surface area contributed by atoms with Crippen LogP contribution in [0.25, 0.3) is 0 Å². The highest BCUT2D eigenvalue weighted by atomic mass is 16.7. The van der Waals surface area contributed by atoms with Gasteiger partial charge in [0.15, 0.2) is 0 Å². The zero-order valence-corrected chi connectivity index (χ0v) is 15.7. The van der Waals surface area contributed by atoms with E-state index in [2.05, 4.69) is 46.8 Å². The van der Waals surface area contributed by atoms with Crippen LogP contribution < -0.4 is 0 Å². The van der Waals surface area contributed by atoms with Gasteiger partial charge in [0.05, 0.1) is 0 Å². The lowest BCUT2D eigenvalue weighted by atomic mass is 9.60. The summed E-state index contributed by atoms with van der Waals surface area (Å²) < 4.78 is 5.22. The van der Waals surface area contributed by atoms with Crippen molar-refractivity contribution in [2.75, 3.05) is 0 Å². The first-order chi connectivity index (χ1) is 11.2. The molecule has 3 aliphatic rings. The Morgan fingerprint density at radius 2 is 1.92 bits per heavy atom. The maximum atomic E-state index is 11.7. The SMILES string of the molecule is CC(C)[C@@H](C)/C=C/[C@@H](C)[C@H]1CCC2C3=CC(=O)O[C@@]3(O)CC[C@@]21C. The molecule has 0 aromatic carbocycles. The highest BCUT2D eigenvalue weighted by Crippen LogP contribution is 2.62. The predicted molar refractivity (Wildman–Crippen MR) is 95.0 cm³/mol. The second-order valence-electron chi connectivity index (χ2n) is 8.89. The molecule has 0 amide bonds. The number of carbonyl (C=O) groups is 1. The Hall–Kier alpha value is -1.09. The summed E-state index contributed by atoms with van der Waals surface area (Å²) >= 11 is 0. The van der Waals surface area contributed by atoms with E-state index in [9.17, 15) is 9.90 Å². The second-order valence-corrected chi connectivity index (χ2v) is 8.89. The molecule has 3 nitrogen and oxygen atoms in total. The number of hydrogen-bond acceptors (Lipinski definition) is 3. The van der Waals surface area contributed by atoms with Crippen LogP contribution in [-0.2, 0) is 9.53 Å². The fourth-order valence-electron chi connectivity index (χ4n) is 5.21. The summed E-state index contributed by atoms with van der Waals surface area (Å²) in [5, 5.41) is 10.7. The molecular weight excluding hydrogens is 300 g/mol. The van der Waals surface area contributed by atoms with E-state index in [1.165, 1.54) is 0 Å². The molecule has 1 N–H and O–H groups in total. The van der Waals surface area contributed by atoms with E-state index in [1.54, 1.807) is 6.08 Å². The number of esters is 1. The molecular formula is C21H32O3. The molecule has 3 rings (SSSR count). The minimum absolute atomic E-state index is 0.150. The Kier molecular flexibility index (Phi) is 4.44. The van der Waals surface area contributed by atoms with E-state index in [0.717, 1.165) is 24.8 Å². The Bertz CT molecular complexity index is 576. The number of allylic oxidation sites excluding steroid dienone is 2. The van der Waals surface area contributed by atoms with Crippen molar-refractivity contribution < 1.29 is 14.6 Å². The van der Waals surface area contributed by atoms with Gasteiger partial charge in [-0.05, 0) is 54.3 Å². The van der Waals surface area contributed by atoms with Gasteiger partial charge in [-0.2, -0.15) is 0 Å². The average molecular weight is 332 g/mol. The van der Waals surface area contributed by atoms with Crippen molar-refractivity contribution in [3.63, 3.8) is 0 Å². The molecule has 0 aromatic rings. The van der Waals surface area contributed by atoms with Crippen LogP contribution in [0.1, 0.15) is 60.3 Å². The molecule has 134 valence electrons. The molecule has 2 saturated carbocycles. The molecule has 6 atom stereocenters. The van der Waals surface area contributed by atoms with Gasteiger partial charge >= 0.3 is 5.97 Å². The molecule has 2 aliphatic carbocycles. The first-order valence-electron chi connectivity index (χ1n) is 9.53. The quantitative estimate of drug-likeness (QED) is 0.610. The van der Waals surface area contributed by atoms with Crippen molar-refractivity contribution >= 4 is 5.97 Å². The monoisotopic (exact) mass is 332 g/mol. The van der Waals surface area contributed by atoms with E-state index >= 15 is 0 Å². The number of fused-ring (bicyclic) bond motifs is 3. The fourth-order valence-corrected chi connectivity index (χ4v) is 5.21. The lowest BCUT2D eigenvalue weighted by Crippen LogP contribution is -2.46. The normalized spacial score (nSPS) is 41.1. The molecule has 1 unspecified atom stereocenters. The van der Waals surface area contributed by atoms with Crippen LogP contribution in [-0.4, -0.2) is 16.9 Å². The van der Waals surface area contributed by atoms with Crippen molar-refractivity contribution in [3.05, 3.63) is 23.8 Å². The minimum Gasteiger partial charge on any atom is -0.426 e. The molecule has 0 spiro atoms. The molecule has 2 fully saturated rings. The maximum Gasteiger partial charge on any atom is 0.333 e. The number of aliphatic hydroxyl groups is 1. The lowest BCUT2D eigenvalue weighted by Gasteiger charge is -2.47. The molecule has 24 heavy (non-hydrogen) atoms. The zero-order chi connectivity index (χ0) is 17.7. The van der Waals surface area contributed by atoms with Gasteiger partial charge in [0.1, 0.15) is 0 Å². The van der Waals surface area contributed by atoms with Crippen LogP contribution in [0.3, 0.4) is 0 Å². The summed E-state index contributed by atoms with van der Waals surface area (Å²) in [7, 11) is 0. The van der Waals surface area contributed by atoms with Gasteiger partial charge in [-0.25, -0.2) is 4.79 Å². The molecule has 0 aromatic heterocycles. The number of hydrogen-bond donors (Lipinski definition) is 1. The largest absolute Gasteiger partial charge is 0.426 e. The van der Waals surface area contributed by atoms with Gasteiger partial charge in [-0.1, -0.05) is 46.8 Å². The molecule has 0 radical (unpaired) electrons.